The largest absolute Gasteiger partial charge is 0.419 e. The Morgan fingerprint density at radius 3 is 2.88 bits per heavy atom. The molecular weight excluding hydrogens is 218 g/mol. The Labute approximate surface area is 98.5 Å². The second kappa shape index (κ2) is 3.23. The van der Waals surface area contributed by atoms with Gasteiger partial charge in [0.05, 0.1) is 12.1 Å². The number of benzene rings is 1. The molecule has 0 bridgehead atoms. The van der Waals surface area contributed by atoms with E-state index in [-0.39, 0.29) is 17.8 Å². The maximum Gasteiger partial charge on any atom is 0.419 e. The monoisotopic (exact) mass is 233 g/mol. The minimum atomic E-state index is -0.348. The second-order valence-corrected chi connectivity index (χ2v) is 5.03. The molecule has 1 aliphatic rings. The van der Waals surface area contributed by atoms with Crippen LogP contribution >= 0.6 is 0 Å². The Hall–Kier alpha value is -1.55. The molecule has 1 N–H and O–H groups in total. The van der Waals surface area contributed by atoms with Crippen LogP contribution in [0.1, 0.15) is 18.9 Å². The van der Waals surface area contributed by atoms with Gasteiger partial charge in [0, 0.05) is 12.5 Å². The molecule has 0 amide bonds. The van der Waals surface area contributed by atoms with Gasteiger partial charge in [0.25, 0.3) is 0 Å². The Balaban J connectivity index is 2.20. The van der Waals surface area contributed by atoms with Crippen molar-refractivity contribution in [2.75, 3.05) is 6.61 Å². The summed E-state index contributed by atoms with van der Waals surface area (Å²) in [4.78, 5) is 11.4. The van der Waals surface area contributed by atoms with Crippen LogP contribution in [0.2, 0.25) is 0 Å². The van der Waals surface area contributed by atoms with Gasteiger partial charge in [0.1, 0.15) is 0 Å². The lowest BCUT2D eigenvalue weighted by Crippen LogP contribution is -2.15. The minimum Gasteiger partial charge on any atom is -0.408 e. The molecule has 1 fully saturated rings. The van der Waals surface area contributed by atoms with Gasteiger partial charge in [-0.15, -0.1) is 0 Å². The van der Waals surface area contributed by atoms with E-state index in [9.17, 15) is 9.90 Å². The third-order valence-electron chi connectivity index (χ3n) is 4.10. The molecule has 2 atom stereocenters. The summed E-state index contributed by atoms with van der Waals surface area (Å²) in [6.07, 6.45) is 1.00. The standard InChI is InChI=1S/C13H15NO3/c1-8-6-13(8,7-15)9-3-4-11-10(5-9)14(2)12(16)17-11/h3-5,8,15H,6-7H2,1-2H3. The molecule has 2 unspecified atom stereocenters. The molecule has 1 saturated carbocycles. The van der Waals surface area contributed by atoms with Crippen LogP contribution in [0.15, 0.2) is 27.4 Å². The zero-order chi connectivity index (χ0) is 12.2. The van der Waals surface area contributed by atoms with E-state index in [2.05, 4.69) is 6.92 Å². The van der Waals surface area contributed by atoms with Crippen molar-refractivity contribution in [3.8, 4) is 0 Å². The van der Waals surface area contributed by atoms with E-state index in [1.165, 1.54) is 4.57 Å². The molecule has 1 heterocycles. The number of fused-ring (bicyclic) bond motifs is 1. The van der Waals surface area contributed by atoms with Crippen molar-refractivity contribution in [1.29, 1.82) is 0 Å². The summed E-state index contributed by atoms with van der Waals surface area (Å²) in [6, 6.07) is 5.72. The zero-order valence-corrected chi connectivity index (χ0v) is 9.93. The van der Waals surface area contributed by atoms with Gasteiger partial charge < -0.3 is 9.52 Å². The predicted octanol–water partition coefficient (Wildman–Crippen LogP) is 1.40. The van der Waals surface area contributed by atoms with Gasteiger partial charge in [0.2, 0.25) is 0 Å². The van der Waals surface area contributed by atoms with Crippen molar-refractivity contribution in [2.24, 2.45) is 13.0 Å². The fourth-order valence-electron chi connectivity index (χ4n) is 2.64. The minimum absolute atomic E-state index is 0.110. The average molecular weight is 233 g/mol. The number of nitrogens with zero attached hydrogens (tertiary/aromatic N) is 1. The number of oxazole rings is 1. The molecule has 3 rings (SSSR count). The number of hydrogen-bond donors (Lipinski definition) is 1. The van der Waals surface area contributed by atoms with E-state index in [0.29, 0.717) is 11.5 Å². The number of aryl methyl sites for hydroxylation is 1. The van der Waals surface area contributed by atoms with Crippen molar-refractivity contribution in [3.63, 3.8) is 0 Å². The molecule has 2 aromatic rings. The normalized spacial score (nSPS) is 27.6. The van der Waals surface area contributed by atoms with Crippen LogP contribution in [0.3, 0.4) is 0 Å². The quantitative estimate of drug-likeness (QED) is 0.853. The fraction of sp³-hybridized carbons (Fsp3) is 0.462. The summed E-state index contributed by atoms with van der Waals surface area (Å²) in [5.41, 5.74) is 2.38. The first-order valence-corrected chi connectivity index (χ1v) is 5.79. The molecule has 1 aromatic carbocycles. The summed E-state index contributed by atoms with van der Waals surface area (Å²) in [6.45, 7) is 2.29. The number of rotatable bonds is 2. The van der Waals surface area contributed by atoms with Crippen molar-refractivity contribution in [2.45, 2.75) is 18.8 Å². The summed E-state index contributed by atoms with van der Waals surface area (Å²) in [5, 5.41) is 9.54. The molecule has 4 heteroatoms. The van der Waals surface area contributed by atoms with Crippen LogP contribution in [0, 0.1) is 5.92 Å². The Kier molecular flexibility index (Phi) is 2.01. The molecular formula is C13H15NO3. The Morgan fingerprint density at radius 1 is 1.59 bits per heavy atom. The lowest BCUT2D eigenvalue weighted by atomic mass is 9.94. The van der Waals surface area contributed by atoms with Gasteiger partial charge in [0.15, 0.2) is 5.58 Å². The first kappa shape index (κ1) is 10.6. The summed E-state index contributed by atoms with van der Waals surface area (Å²) >= 11 is 0. The molecule has 90 valence electrons. The molecule has 0 saturated heterocycles. The molecule has 0 radical (unpaired) electrons. The smallest absolute Gasteiger partial charge is 0.408 e. The van der Waals surface area contributed by atoms with E-state index in [4.69, 9.17) is 4.42 Å². The number of aromatic nitrogens is 1. The lowest BCUT2D eigenvalue weighted by molar-refractivity contribution is 0.247. The predicted molar refractivity (Wildman–Crippen MR) is 64.0 cm³/mol. The van der Waals surface area contributed by atoms with Crippen LogP contribution in [0.4, 0.5) is 0 Å². The summed E-state index contributed by atoms with van der Waals surface area (Å²) < 4.78 is 6.59. The Bertz CT molecular complexity index is 636. The van der Waals surface area contributed by atoms with E-state index < -0.39 is 0 Å². The zero-order valence-electron chi connectivity index (χ0n) is 9.93. The van der Waals surface area contributed by atoms with E-state index in [0.717, 1.165) is 17.5 Å². The third-order valence-corrected chi connectivity index (χ3v) is 4.10. The van der Waals surface area contributed by atoms with Crippen molar-refractivity contribution < 1.29 is 9.52 Å². The molecule has 1 aliphatic carbocycles. The molecule has 4 nitrogen and oxygen atoms in total. The van der Waals surface area contributed by atoms with Crippen molar-refractivity contribution in [3.05, 3.63) is 34.3 Å². The first-order valence-electron chi connectivity index (χ1n) is 5.79. The first-order chi connectivity index (χ1) is 8.08. The van der Waals surface area contributed by atoms with E-state index in [1.807, 2.05) is 18.2 Å². The Morgan fingerprint density at radius 2 is 2.29 bits per heavy atom. The number of hydrogen-bond acceptors (Lipinski definition) is 3. The van der Waals surface area contributed by atoms with Gasteiger partial charge in [-0.1, -0.05) is 13.0 Å². The van der Waals surface area contributed by atoms with E-state index in [1.54, 1.807) is 7.05 Å². The highest BCUT2D eigenvalue weighted by Crippen LogP contribution is 2.53. The van der Waals surface area contributed by atoms with Crippen molar-refractivity contribution >= 4 is 11.1 Å². The number of aliphatic hydroxyl groups is 1. The topological polar surface area (TPSA) is 55.4 Å². The van der Waals surface area contributed by atoms with Gasteiger partial charge in [-0.25, -0.2) is 4.79 Å². The highest BCUT2D eigenvalue weighted by molar-refractivity contribution is 5.74. The lowest BCUT2D eigenvalue weighted by Gasteiger charge is -2.13. The van der Waals surface area contributed by atoms with Crippen LogP contribution in [0.25, 0.3) is 11.1 Å². The van der Waals surface area contributed by atoms with Gasteiger partial charge >= 0.3 is 5.76 Å². The average Bonchev–Trinajstić information content (AvgIpc) is 2.92. The van der Waals surface area contributed by atoms with Gasteiger partial charge in [-0.3, -0.25) is 4.57 Å². The third kappa shape index (κ3) is 1.30. The molecule has 1 aromatic heterocycles. The maximum atomic E-state index is 11.4. The van der Waals surface area contributed by atoms with Crippen LogP contribution < -0.4 is 5.76 Å². The number of aliphatic hydroxyl groups excluding tert-OH is 1. The fourth-order valence-corrected chi connectivity index (χ4v) is 2.64. The summed E-state index contributed by atoms with van der Waals surface area (Å²) in [5.74, 6) is 0.146. The van der Waals surface area contributed by atoms with Crippen molar-refractivity contribution in [1.82, 2.24) is 4.57 Å². The van der Waals surface area contributed by atoms with Gasteiger partial charge in [-0.05, 0) is 30.0 Å². The van der Waals surface area contributed by atoms with Crippen LogP contribution in [0.5, 0.6) is 0 Å². The van der Waals surface area contributed by atoms with E-state index >= 15 is 0 Å². The van der Waals surface area contributed by atoms with Crippen LogP contribution in [-0.2, 0) is 12.5 Å². The molecule has 0 aliphatic heterocycles. The summed E-state index contributed by atoms with van der Waals surface area (Å²) in [7, 11) is 1.69. The highest BCUT2D eigenvalue weighted by atomic mass is 16.4. The molecule has 0 spiro atoms. The second-order valence-electron chi connectivity index (χ2n) is 5.03. The highest BCUT2D eigenvalue weighted by Gasteiger charge is 2.51. The van der Waals surface area contributed by atoms with Gasteiger partial charge in [-0.2, -0.15) is 0 Å². The molecule has 17 heavy (non-hydrogen) atoms. The maximum absolute atomic E-state index is 11.4. The van der Waals surface area contributed by atoms with Crippen LogP contribution in [-0.4, -0.2) is 16.3 Å². The SMILES string of the molecule is CC1CC1(CO)c1ccc2oc(=O)n(C)c2c1.